The van der Waals surface area contributed by atoms with E-state index in [1.54, 1.807) is 0 Å². The summed E-state index contributed by atoms with van der Waals surface area (Å²) in [5.74, 6) is 1.92. The van der Waals surface area contributed by atoms with E-state index < -0.39 is 0 Å². The molecule has 6 nitrogen and oxygen atoms in total. The summed E-state index contributed by atoms with van der Waals surface area (Å²) in [4.78, 5) is 4.37. The molecule has 1 aliphatic carbocycles. The first-order valence-corrected chi connectivity index (χ1v) is 10.4. The molecule has 136 valence electrons. The number of aromatic nitrogens is 3. The van der Waals surface area contributed by atoms with Gasteiger partial charge in [-0.1, -0.05) is 12.5 Å². The fourth-order valence-corrected chi connectivity index (χ4v) is 4.22. The number of rotatable bonds is 6. The molecule has 0 saturated heterocycles. The van der Waals surface area contributed by atoms with Crippen molar-refractivity contribution >= 4 is 23.4 Å². The van der Waals surface area contributed by atoms with Crippen molar-refractivity contribution in [3.63, 3.8) is 0 Å². The Morgan fingerprint density at radius 1 is 1.36 bits per heavy atom. The Balaban J connectivity index is 1.42. The second-order valence-electron chi connectivity index (χ2n) is 6.51. The van der Waals surface area contributed by atoms with Crippen LogP contribution >= 0.6 is 11.8 Å². The van der Waals surface area contributed by atoms with E-state index >= 15 is 0 Å². The molecule has 3 rings (SSSR count). The summed E-state index contributed by atoms with van der Waals surface area (Å²) in [7, 11) is 1.84. The Morgan fingerprint density at radius 2 is 2.28 bits per heavy atom. The van der Waals surface area contributed by atoms with Gasteiger partial charge in [0.15, 0.2) is 11.6 Å². The van der Waals surface area contributed by atoms with Gasteiger partial charge in [-0.3, -0.25) is 9.39 Å². The maximum Gasteiger partial charge on any atom is 0.191 e. The van der Waals surface area contributed by atoms with Gasteiger partial charge < -0.3 is 10.6 Å². The molecular weight excluding hydrogens is 332 g/mol. The fourth-order valence-electron chi connectivity index (χ4n) is 3.39. The third kappa shape index (κ3) is 4.87. The quantitative estimate of drug-likeness (QED) is 0.471. The van der Waals surface area contributed by atoms with E-state index in [9.17, 15) is 0 Å². The maximum atomic E-state index is 4.37. The molecule has 1 saturated carbocycles. The molecule has 0 aromatic carbocycles. The van der Waals surface area contributed by atoms with Crippen molar-refractivity contribution in [3.05, 3.63) is 30.2 Å². The number of nitrogens with one attached hydrogen (secondary N) is 2. The predicted octanol–water partition coefficient (Wildman–Crippen LogP) is 2.50. The average Bonchev–Trinajstić information content (AvgIpc) is 3.07. The van der Waals surface area contributed by atoms with Crippen LogP contribution in [0.25, 0.3) is 5.65 Å². The van der Waals surface area contributed by atoms with Crippen LogP contribution < -0.4 is 10.6 Å². The Bertz CT molecular complexity index is 698. The van der Waals surface area contributed by atoms with E-state index in [4.69, 9.17) is 0 Å². The van der Waals surface area contributed by atoms with Gasteiger partial charge in [-0.2, -0.15) is 11.8 Å². The molecule has 0 bridgehead atoms. The molecule has 0 amide bonds. The predicted molar refractivity (Wildman–Crippen MR) is 105 cm³/mol. The highest BCUT2D eigenvalue weighted by Crippen LogP contribution is 2.26. The van der Waals surface area contributed by atoms with Gasteiger partial charge in [0.25, 0.3) is 0 Å². The zero-order valence-corrected chi connectivity index (χ0v) is 15.9. The lowest BCUT2D eigenvalue weighted by atomic mass is 9.95. The SMILES string of the molecule is CN=C(NCCCc1nnc2ccccn12)NC1CCCC(SC)C1. The number of hydrogen-bond donors (Lipinski definition) is 2. The Hall–Kier alpha value is -1.76. The lowest BCUT2D eigenvalue weighted by Crippen LogP contribution is -2.46. The van der Waals surface area contributed by atoms with E-state index in [0.717, 1.165) is 42.1 Å². The molecule has 0 aliphatic heterocycles. The van der Waals surface area contributed by atoms with E-state index in [-0.39, 0.29) is 0 Å². The first-order chi connectivity index (χ1) is 12.3. The second-order valence-corrected chi connectivity index (χ2v) is 7.65. The Kier molecular flexibility index (Phi) is 6.55. The minimum atomic E-state index is 0.540. The van der Waals surface area contributed by atoms with Crippen molar-refractivity contribution in [1.29, 1.82) is 0 Å². The van der Waals surface area contributed by atoms with E-state index in [1.807, 2.05) is 43.2 Å². The van der Waals surface area contributed by atoms with E-state index in [1.165, 1.54) is 25.7 Å². The fraction of sp³-hybridized carbons (Fsp3) is 0.611. The standard InChI is InChI=1S/C18H28N6S/c1-19-18(21-14-7-5-8-15(13-14)25-2)20-11-6-10-17-23-22-16-9-3-4-12-24(16)17/h3-4,9,12,14-15H,5-8,10-11,13H2,1-2H3,(H2,19,20,21). The summed E-state index contributed by atoms with van der Waals surface area (Å²) in [6, 6.07) is 6.51. The average molecular weight is 361 g/mol. The van der Waals surface area contributed by atoms with Gasteiger partial charge in [0, 0.05) is 37.5 Å². The zero-order valence-electron chi connectivity index (χ0n) is 15.1. The number of aryl methyl sites for hydroxylation is 1. The van der Waals surface area contributed by atoms with Gasteiger partial charge in [-0.05, 0) is 44.1 Å². The molecular formula is C18H28N6S. The maximum absolute atomic E-state index is 4.37. The van der Waals surface area contributed by atoms with Crippen molar-refractivity contribution < 1.29 is 0 Å². The third-order valence-electron chi connectivity index (χ3n) is 4.78. The van der Waals surface area contributed by atoms with Crippen molar-refractivity contribution in [2.75, 3.05) is 19.8 Å². The minimum absolute atomic E-state index is 0.540. The molecule has 7 heteroatoms. The van der Waals surface area contributed by atoms with Crippen LogP contribution in [0.5, 0.6) is 0 Å². The van der Waals surface area contributed by atoms with Crippen LogP contribution in [0.15, 0.2) is 29.4 Å². The van der Waals surface area contributed by atoms with Crippen molar-refractivity contribution in [1.82, 2.24) is 25.2 Å². The number of aliphatic imine (C=N–C) groups is 1. The first kappa shape index (κ1) is 18.0. The molecule has 2 unspecified atom stereocenters. The summed E-state index contributed by atoms with van der Waals surface area (Å²) in [6.07, 6.45) is 11.2. The highest BCUT2D eigenvalue weighted by molar-refractivity contribution is 7.99. The van der Waals surface area contributed by atoms with Gasteiger partial charge in [-0.25, -0.2) is 0 Å². The molecule has 0 spiro atoms. The van der Waals surface area contributed by atoms with Crippen LogP contribution in [-0.2, 0) is 6.42 Å². The second kappa shape index (κ2) is 9.08. The number of guanidine groups is 1. The molecule has 1 aliphatic rings. The summed E-state index contributed by atoms with van der Waals surface area (Å²) in [5.41, 5.74) is 0.906. The largest absolute Gasteiger partial charge is 0.356 e. The number of hydrogen-bond acceptors (Lipinski definition) is 4. The molecule has 1 fully saturated rings. The zero-order chi connectivity index (χ0) is 17.5. The topological polar surface area (TPSA) is 66.6 Å². The van der Waals surface area contributed by atoms with Gasteiger partial charge in [-0.15, -0.1) is 10.2 Å². The molecule has 2 N–H and O–H groups in total. The van der Waals surface area contributed by atoms with Crippen molar-refractivity contribution in [3.8, 4) is 0 Å². The lowest BCUT2D eigenvalue weighted by Gasteiger charge is -2.29. The summed E-state index contributed by atoms with van der Waals surface area (Å²) >= 11 is 1.99. The van der Waals surface area contributed by atoms with Crippen LogP contribution in [-0.4, -0.2) is 51.7 Å². The minimum Gasteiger partial charge on any atom is -0.356 e. The van der Waals surface area contributed by atoms with Gasteiger partial charge in [0.1, 0.15) is 5.82 Å². The highest BCUT2D eigenvalue weighted by Gasteiger charge is 2.21. The molecule has 2 heterocycles. The monoisotopic (exact) mass is 360 g/mol. The molecule has 2 aromatic heterocycles. The lowest BCUT2D eigenvalue weighted by molar-refractivity contribution is 0.419. The number of thioether (sulfide) groups is 1. The summed E-state index contributed by atoms with van der Waals surface area (Å²) in [5, 5.41) is 16.3. The number of nitrogens with zero attached hydrogens (tertiary/aromatic N) is 4. The third-order valence-corrected chi connectivity index (χ3v) is 5.87. The van der Waals surface area contributed by atoms with Gasteiger partial charge in [0.2, 0.25) is 0 Å². The van der Waals surface area contributed by atoms with Crippen molar-refractivity contribution in [2.45, 2.75) is 49.8 Å². The molecule has 25 heavy (non-hydrogen) atoms. The van der Waals surface area contributed by atoms with Crippen LogP contribution in [0.1, 0.15) is 37.9 Å². The molecule has 2 atom stereocenters. The van der Waals surface area contributed by atoms with Crippen LogP contribution in [0.4, 0.5) is 0 Å². The van der Waals surface area contributed by atoms with E-state index in [0.29, 0.717) is 6.04 Å². The van der Waals surface area contributed by atoms with Crippen LogP contribution in [0, 0.1) is 0 Å². The normalized spacial score (nSPS) is 21.4. The number of fused-ring (bicyclic) bond motifs is 1. The molecule has 0 radical (unpaired) electrons. The van der Waals surface area contributed by atoms with Gasteiger partial charge >= 0.3 is 0 Å². The van der Waals surface area contributed by atoms with Crippen LogP contribution in [0.2, 0.25) is 0 Å². The molecule has 2 aromatic rings. The van der Waals surface area contributed by atoms with Gasteiger partial charge in [0.05, 0.1) is 0 Å². The Labute approximate surface area is 153 Å². The van der Waals surface area contributed by atoms with Crippen LogP contribution in [0.3, 0.4) is 0 Å². The number of pyridine rings is 1. The highest BCUT2D eigenvalue weighted by atomic mass is 32.2. The van der Waals surface area contributed by atoms with Crippen molar-refractivity contribution in [2.24, 2.45) is 4.99 Å². The van der Waals surface area contributed by atoms with E-state index in [2.05, 4.69) is 36.5 Å². The Morgan fingerprint density at radius 3 is 3.12 bits per heavy atom. The smallest absolute Gasteiger partial charge is 0.191 e. The first-order valence-electron chi connectivity index (χ1n) is 9.08. The summed E-state index contributed by atoms with van der Waals surface area (Å²) in [6.45, 7) is 0.875. The summed E-state index contributed by atoms with van der Waals surface area (Å²) < 4.78 is 2.05.